The summed E-state index contributed by atoms with van der Waals surface area (Å²) in [6, 6.07) is 14.0. The van der Waals surface area contributed by atoms with E-state index in [9.17, 15) is 9.90 Å². The van der Waals surface area contributed by atoms with Crippen LogP contribution in [0.1, 0.15) is 17.3 Å². The molecular formula is C20H21N5O3. The smallest absolute Gasteiger partial charge is 0.337 e. The Morgan fingerprint density at radius 1 is 1.14 bits per heavy atom. The minimum atomic E-state index is -0.393. The second-order valence-corrected chi connectivity index (χ2v) is 6.10. The molecular weight excluding hydrogens is 358 g/mol. The zero-order chi connectivity index (χ0) is 19.9. The van der Waals surface area contributed by atoms with Crippen LogP contribution in [0.4, 0.5) is 17.5 Å². The molecule has 8 nitrogen and oxygen atoms in total. The van der Waals surface area contributed by atoms with E-state index in [4.69, 9.17) is 4.74 Å². The fourth-order valence-corrected chi connectivity index (χ4v) is 2.44. The summed E-state index contributed by atoms with van der Waals surface area (Å²) in [4.78, 5) is 24.8. The van der Waals surface area contributed by atoms with Gasteiger partial charge >= 0.3 is 5.97 Å². The lowest BCUT2D eigenvalue weighted by Gasteiger charge is -2.14. The molecule has 0 saturated carbocycles. The Labute approximate surface area is 162 Å². The number of anilines is 3. The molecule has 1 atom stereocenters. The average Bonchev–Trinajstić information content (AvgIpc) is 2.74. The number of carbonyl (C=O) groups is 1. The lowest BCUT2D eigenvalue weighted by molar-refractivity contribution is 0.0601. The third-order valence-corrected chi connectivity index (χ3v) is 3.88. The molecule has 28 heavy (non-hydrogen) atoms. The minimum absolute atomic E-state index is 0.0467. The molecule has 2 aromatic heterocycles. The van der Waals surface area contributed by atoms with Crippen molar-refractivity contribution < 1.29 is 14.6 Å². The number of esters is 1. The fourth-order valence-electron chi connectivity index (χ4n) is 2.44. The van der Waals surface area contributed by atoms with Gasteiger partial charge in [0.1, 0.15) is 5.82 Å². The molecule has 0 bridgehead atoms. The Hall–Kier alpha value is -3.52. The van der Waals surface area contributed by atoms with Gasteiger partial charge in [0.05, 0.1) is 30.7 Å². The van der Waals surface area contributed by atoms with Crippen LogP contribution in [0, 0.1) is 0 Å². The summed E-state index contributed by atoms with van der Waals surface area (Å²) >= 11 is 0. The molecule has 0 aliphatic rings. The first-order valence-electron chi connectivity index (χ1n) is 8.72. The number of pyridine rings is 1. The summed E-state index contributed by atoms with van der Waals surface area (Å²) in [5.74, 6) is 0.531. The average molecular weight is 379 g/mol. The Kier molecular flexibility index (Phi) is 6.13. The standard InChI is InChI=1S/C20H21N5O3/c1-13(12-26)22-20-24-17(16-5-3-4-10-21-16)11-18(25-20)23-15-8-6-14(7-9-15)19(27)28-2/h3-11,13,26H,12H2,1-2H3,(H2,22,23,24,25)/t13-/m1/s1. The van der Waals surface area contributed by atoms with Crippen molar-refractivity contribution in [2.24, 2.45) is 0 Å². The van der Waals surface area contributed by atoms with Crippen LogP contribution in [0.25, 0.3) is 11.4 Å². The fraction of sp³-hybridized carbons (Fsp3) is 0.200. The molecule has 0 fully saturated rings. The molecule has 0 aliphatic carbocycles. The van der Waals surface area contributed by atoms with Crippen LogP contribution in [0.15, 0.2) is 54.7 Å². The molecule has 0 aliphatic heterocycles. The van der Waals surface area contributed by atoms with Gasteiger partial charge in [-0.2, -0.15) is 4.98 Å². The second kappa shape index (κ2) is 8.92. The van der Waals surface area contributed by atoms with E-state index in [2.05, 4.69) is 25.6 Å². The number of ether oxygens (including phenoxy) is 1. The monoisotopic (exact) mass is 379 g/mol. The van der Waals surface area contributed by atoms with Gasteiger partial charge in [-0.25, -0.2) is 9.78 Å². The molecule has 0 amide bonds. The first-order chi connectivity index (χ1) is 13.6. The van der Waals surface area contributed by atoms with Gasteiger partial charge in [0.25, 0.3) is 0 Å². The Morgan fingerprint density at radius 3 is 2.57 bits per heavy atom. The lowest BCUT2D eigenvalue weighted by atomic mass is 10.2. The zero-order valence-corrected chi connectivity index (χ0v) is 15.6. The van der Waals surface area contributed by atoms with Crippen LogP contribution in [-0.4, -0.2) is 45.8 Å². The SMILES string of the molecule is COC(=O)c1ccc(Nc2cc(-c3ccccn3)nc(N[C@H](C)CO)n2)cc1. The van der Waals surface area contributed by atoms with E-state index in [1.54, 1.807) is 36.5 Å². The highest BCUT2D eigenvalue weighted by atomic mass is 16.5. The topological polar surface area (TPSA) is 109 Å². The third-order valence-electron chi connectivity index (χ3n) is 3.88. The summed E-state index contributed by atoms with van der Waals surface area (Å²) in [6.45, 7) is 1.78. The number of aliphatic hydroxyl groups excluding tert-OH is 1. The Bertz CT molecular complexity index is 932. The molecule has 3 aromatic rings. The number of hydrogen-bond donors (Lipinski definition) is 3. The van der Waals surface area contributed by atoms with Crippen LogP contribution in [-0.2, 0) is 4.74 Å². The van der Waals surface area contributed by atoms with Crippen molar-refractivity contribution in [3.63, 3.8) is 0 Å². The molecule has 0 saturated heterocycles. The van der Waals surface area contributed by atoms with Crippen LogP contribution >= 0.6 is 0 Å². The summed E-state index contributed by atoms with van der Waals surface area (Å²) in [5, 5.41) is 15.5. The van der Waals surface area contributed by atoms with Gasteiger partial charge in [-0.05, 0) is 43.3 Å². The largest absolute Gasteiger partial charge is 0.465 e. The van der Waals surface area contributed by atoms with Gasteiger partial charge in [-0.15, -0.1) is 0 Å². The van der Waals surface area contributed by atoms with E-state index >= 15 is 0 Å². The lowest BCUT2D eigenvalue weighted by Crippen LogP contribution is -2.21. The van der Waals surface area contributed by atoms with Crippen molar-refractivity contribution >= 4 is 23.4 Å². The summed E-state index contributed by atoms with van der Waals surface area (Å²) < 4.78 is 4.71. The number of aromatic nitrogens is 3. The van der Waals surface area contributed by atoms with E-state index in [1.165, 1.54) is 7.11 Å². The summed E-state index contributed by atoms with van der Waals surface area (Å²) in [5.41, 5.74) is 2.55. The molecule has 0 spiro atoms. The number of hydrogen-bond acceptors (Lipinski definition) is 8. The van der Waals surface area contributed by atoms with Crippen LogP contribution in [0.5, 0.6) is 0 Å². The van der Waals surface area contributed by atoms with Gasteiger partial charge in [-0.3, -0.25) is 4.98 Å². The maximum Gasteiger partial charge on any atom is 0.337 e. The number of methoxy groups -OCH3 is 1. The molecule has 8 heteroatoms. The van der Waals surface area contributed by atoms with Crippen molar-refractivity contribution in [1.82, 2.24) is 15.0 Å². The molecule has 3 rings (SSSR count). The summed E-state index contributed by atoms with van der Waals surface area (Å²) in [6.07, 6.45) is 1.69. The van der Waals surface area contributed by atoms with Crippen molar-refractivity contribution in [2.45, 2.75) is 13.0 Å². The van der Waals surface area contributed by atoms with Gasteiger partial charge < -0.3 is 20.5 Å². The van der Waals surface area contributed by atoms with Crippen molar-refractivity contribution in [2.75, 3.05) is 24.4 Å². The van der Waals surface area contributed by atoms with Crippen LogP contribution in [0.3, 0.4) is 0 Å². The third kappa shape index (κ3) is 4.80. The van der Waals surface area contributed by atoms with Crippen molar-refractivity contribution in [1.29, 1.82) is 0 Å². The maximum atomic E-state index is 11.6. The first kappa shape index (κ1) is 19.2. The first-order valence-corrected chi connectivity index (χ1v) is 8.72. The number of nitrogens with zero attached hydrogens (tertiary/aromatic N) is 3. The molecule has 3 N–H and O–H groups in total. The molecule has 144 valence electrons. The predicted octanol–water partition coefficient (Wildman–Crippen LogP) is 2.86. The van der Waals surface area contributed by atoms with E-state index in [-0.39, 0.29) is 12.6 Å². The van der Waals surface area contributed by atoms with Crippen LogP contribution in [0.2, 0.25) is 0 Å². The number of rotatable bonds is 7. The number of nitrogens with one attached hydrogen (secondary N) is 2. The maximum absolute atomic E-state index is 11.6. The van der Waals surface area contributed by atoms with Crippen molar-refractivity contribution in [3.8, 4) is 11.4 Å². The Morgan fingerprint density at radius 2 is 1.93 bits per heavy atom. The van der Waals surface area contributed by atoms with Crippen LogP contribution < -0.4 is 10.6 Å². The van der Waals surface area contributed by atoms with Crippen molar-refractivity contribution in [3.05, 3.63) is 60.3 Å². The number of aliphatic hydroxyl groups is 1. The van der Waals surface area contributed by atoms with Gasteiger partial charge in [0.15, 0.2) is 0 Å². The zero-order valence-electron chi connectivity index (χ0n) is 15.6. The highest BCUT2D eigenvalue weighted by molar-refractivity contribution is 5.89. The molecule has 0 unspecified atom stereocenters. The minimum Gasteiger partial charge on any atom is -0.465 e. The van der Waals surface area contributed by atoms with E-state index in [1.807, 2.05) is 25.1 Å². The number of carbonyl (C=O) groups excluding carboxylic acids is 1. The molecule has 2 heterocycles. The normalized spacial score (nSPS) is 11.5. The van der Waals surface area contributed by atoms with Gasteiger partial charge in [0, 0.05) is 24.0 Å². The predicted molar refractivity (Wildman–Crippen MR) is 106 cm³/mol. The number of benzene rings is 1. The second-order valence-electron chi connectivity index (χ2n) is 6.10. The van der Waals surface area contributed by atoms with E-state index in [0.29, 0.717) is 28.7 Å². The molecule has 0 radical (unpaired) electrons. The van der Waals surface area contributed by atoms with Gasteiger partial charge in [-0.1, -0.05) is 6.07 Å². The quantitative estimate of drug-likeness (QED) is 0.538. The summed E-state index contributed by atoms with van der Waals surface area (Å²) in [7, 11) is 1.34. The highest BCUT2D eigenvalue weighted by Crippen LogP contribution is 2.23. The van der Waals surface area contributed by atoms with Gasteiger partial charge in [0.2, 0.25) is 5.95 Å². The Balaban J connectivity index is 1.90. The van der Waals surface area contributed by atoms with E-state index in [0.717, 1.165) is 5.69 Å². The molecule has 1 aromatic carbocycles. The highest BCUT2D eigenvalue weighted by Gasteiger charge is 2.11. The van der Waals surface area contributed by atoms with E-state index < -0.39 is 5.97 Å².